The van der Waals surface area contributed by atoms with Crippen molar-refractivity contribution in [2.75, 3.05) is 32.2 Å². The number of amides is 1. The number of hydrogen-bond donors (Lipinski definition) is 1. The van der Waals surface area contributed by atoms with E-state index in [1.807, 2.05) is 24.4 Å². The summed E-state index contributed by atoms with van der Waals surface area (Å²) in [4.78, 5) is 17.5. The lowest BCUT2D eigenvalue weighted by atomic mass is 10.1. The molecular weight excluding hydrogens is 328 g/mol. The van der Waals surface area contributed by atoms with Crippen molar-refractivity contribution in [3.05, 3.63) is 30.0 Å². The summed E-state index contributed by atoms with van der Waals surface area (Å²) >= 11 is 0. The number of nitrogens with zero attached hydrogens (tertiary/aromatic N) is 1. The SMILES string of the molecule is COc1ccc2[nH]cc(CC(=O)N3CCC(CS(C)(=O)=O)C3)c2c1. The van der Waals surface area contributed by atoms with Crippen LogP contribution in [0.15, 0.2) is 24.4 Å². The predicted octanol–water partition coefficient (Wildman–Crippen LogP) is 1.61. The molecule has 1 saturated heterocycles. The van der Waals surface area contributed by atoms with Crippen LogP contribution in [-0.4, -0.2) is 56.4 Å². The second kappa shape index (κ2) is 6.47. The van der Waals surface area contributed by atoms with E-state index in [4.69, 9.17) is 4.74 Å². The summed E-state index contributed by atoms with van der Waals surface area (Å²) in [7, 11) is -1.38. The van der Waals surface area contributed by atoms with Crippen LogP contribution in [0.2, 0.25) is 0 Å². The van der Waals surface area contributed by atoms with Crippen molar-refractivity contribution in [3.63, 3.8) is 0 Å². The van der Waals surface area contributed by atoms with Gasteiger partial charge in [0.15, 0.2) is 0 Å². The Kier molecular flexibility index (Phi) is 4.54. The van der Waals surface area contributed by atoms with E-state index in [0.717, 1.165) is 28.6 Å². The zero-order valence-electron chi connectivity index (χ0n) is 13.9. The minimum atomic E-state index is -3.00. The standard InChI is InChI=1S/C17H22N2O4S/c1-23-14-3-4-16-15(8-14)13(9-18-16)7-17(20)19-6-5-12(10-19)11-24(2,21)22/h3-4,8-9,12,18H,5-7,10-11H2,1-2H3. The maximum Gasteiger partial charge on any atom is 0.227 e. The van der Waals surface area contributed by atoms with Crippen LogP contribution in [0, 0.1) is 5.92 Å². The number of fused-ring (bicyclic) bond motifs is 1. The van der Waals surface area contributed by atoms with E-state index in [1.54, 1.807) is 12.0 Å². The Morgan fingerprint density at radius 1 is 1.42 bits per heavy atom. The molecule has 0 spiro atoms. The number of nitrogens with one attached hydrogen (secondary N) is 1. The van der Waals surface area contributed by atoms with Gasteiger partial charge in [-0.05, 0) is 36.1 Å². The molecule has 1 fully saturated rings. The molecule has 0 bridgehead atoms. The summed E-state index contributed by atoms with van der Waals surface area (Å²) in [5.74, 6) is 0.994. The molecule has 24 heavy (non-hydrogen) atoms. The van der Waals surface area contributed by atoms with Gasteiger partial charge in [-0.1, -0.05) is 0 Å². The minimum Gasteiger partial charge on any atom is -0.497 e. The fourth-order valence-electron chi connectivity index (χ4n) is 3.33. The molecule has 1 aliphatic heterocycles. The fourth-order valence-corrected chi connectivity index (χ4v) is 4.46. The molecule has 1 aliphatic rings. The molecule has 1 N–H and O–H groups in total. The summed E-state index contributed by atoms with van der Waals surface area (Å²) in [5, 5.41) is 0.981. The molecule has 1 aromatic carbocycles. The summed E-state index contributed by atoms with van der Waals surface area (Å²) in [5.41, 5.74) is 1.90. The topological polar surface area (TPSA) is 79.5 Å². The van der Waals surface area contributed by atoms with Gasteiger partial charge in [0.05, 0.1) is 19.3 Å². The zero-order chi connectivity index (χ0) is 17.3. The summed E-state index contributed by atoms with van der Waals surface area (Å²) in [6.45, 7) is 1.16. The van der Waals surface area contributed by atoms with Crippen LogP contribution < -0.4 is 4.74 Å². The number of hydrogen-bond acceptors (Lipinski definition) is 4. The number of carbonyl (C=O) groups is 1. The predicted molar refractivity (Wildman–Crippen MR) is 93.0 cm³/mol. The van der Waals surface area contributed by atoms with Gasteiger partial charge in [-0.3, -0.25) is 4.79 Å². The second-order valence-electron chi connectivity index (χ2n) is 6.49. The first-order valence-electron chi connectivity index (χ1n) is 7.95. The number of rotatable bonds is 5. The molecular formula is C17H22N2O4S. The Morgan fingerprint density at radius 3 is 2.92 bits per heavy atom. The second-order valence-corrected chi connectivity index (χ2v) is 8.67. The van der Waals surface area contributed by atoms with E-state index in [2.05, 4.69) is 4.98 Å². The normalized spacial score (nSPS) is 18.2. The van der Waals surface area contributed by atoms with Crippen LogP contribution >= 0.6 is 0 Å². The molecule has 6 nitrogen and oxygen atoms in total. The molecule has 7 heteroatoms. The average Bonchev–Trinajstić information content (AvgIpc) is 3.12. The quantitative estimate of drug-likeness (QED) is 0.888. The first kappa shape index (κ1) is 16.8. The minimum absolute atomic E-state index is 0.0368. The number of ether oxygens (including phenoxy) is 1. The highest BCUT2D eigenvalue weighted by molar-refractivity contribution is 7.90. The van der Waals surface area contributed by atoms with Gasteiger partial charge in [0, 0.05) is 36.4 Å². The first-order valence-corrected chi connectivity index (χ1v) is 10.0. The first-order chi connectivity index (χ1) is 11.4. The number of aromatic nitrogens is 1. The van der Waals surface area contributed by atoms with Crippen LogP contribution in [0.1, 0.15) is 12.0 Å². The van der Waals surface area contributed by atoms with E-state index in [-0.39, 0.29) is 17.6 Å². The van der Waals surface area contributed by atoms with Crippen molar-refractivity contribution in [1.29, 1.82) is 0 Å². The maximum atomic E-state index is 12.6. The summed E-state index contributed by atoms with van der Waals surface area (Å²) < 4.78 is 28.1. The van der Waals surface area contributed by atoms with Crippen molar-refractivity contribution in [2.24, 2.45) is 5.92 Å². The van der Waals surface area contributed by atoms with Gasteiger partial charge in [0.25, 0.3) is 0 Å². The lowest BCUT2D eigenvalue weighted by molar-refractivity contribution is -0.129. The van der Waals surface area contributed by atoms with Gasteiger partial charge >= 0.3 is 0 Å². The average molecular weight is 350 g/mol. The smallest absolute Gasteiger partial charge is 0.227 e. The van der Waals surface area contributed by atoms with E-state index in [9.17, 15) is 13.2 Å². The van der Waals surface area contributed by atoms with Crippen LogP contribution in [0.4, 0.5) is 0 Å². The van der Waals surface area contributed by atoms with Crippen LogP contribution in [-0.2, 0) is 21.1 Å². The summed E-state index contributed by atoms with van der Waals surface area (Å²) in [6, 6.07) is 5.73. The van der Waals surface area contributed by atoms with Crippen molar-refractivity contribution < 1.29 is 17.9 Å². The molecule has 0 saturated carbocycles. The van der Waals surface area contributed by atoms with Crippen LogP contribution in [0.5, 0.6) is 5.75 Å². The van der Waals surface area contributed by atoms with Gasteiger partial charge in [-0.2, -0.15) is 0 Å². The molecule has 2 heterocycles. The molecule has 1 atom stereocenters. The number of methoxy groups -OCH3 is 1. The molecule has 0 radical (unpaired) electrons. The van der Waals surface area contributed by atoms with Gasteiger partial charge in [0.2, 0.25) is 5.91 Å². The van der Waals surface area contributed by atoms with E-state index in [1.165, 1.54) is 6.26 Å². The Bertz CT molecular complexity index is 857. The molecule has 0 aliphatic carbocycles. The van der Waals surface area contributed by atoms with Crippen molar-refractivity contribution in [2.45, 2.75) is 12.8 Å². The van der Waals surface area contributed by atoms with Gasteiger partial charge < -0.3 is 14.6 Å². The van der Waals surface area contributed by atoms with Crippen LogP contribution in [0.3, 0.4) is 0 Å². The number of benzene rings is 1. The van der Waals surface area contributed by atoms with Crippen molar-refractivity contribution in [3.8, 4) is 5.75 Å². The van der Waals surface area contributed by atoms with E-state index >= 15 is 0 Å². The molecule has 3 rings (SSSR count). The van der Waals surface area contributed by atoms with Crippen LogP contribution in [0.25, 0.3) is 10.9 Å². The van der Waals surface area contributed by atoms with Crippen molar-refractivity contribution >= 4 is 26.6 Å². The van der Waals surface area contributed by atoms with E-state index < -0.39 is 9.84 Å². The fraction of sp³-hybridized carbons (Fsp3) is 0.471. The number of likely N-dealkylation sites (tertiary alicyclic amines) is 1. The third-order valence-electron chi connectivity index (χ3n) is 4.49. The molecule has 1 aromatic heterocycles. The number of aromatic amines is 1. The largest absolute Gasteiger partial charge is 0.497 e. The van der Waals surface area contributed by atoms with Gasteiger partial charge in [0.1, 0.15) is 15.6 Å². The number of H-pyrrole nitrogens is 1. The molecule has 2 aromatic rings. The third-order valence-corrected chi connectivity index (χ3v) is 5.57. The highest BCUT2D eigenvalue weighted by Gasteiger charge is 2.28. The Labute approximate surface area is 141 Å². The van der Waals surface area contributed by atoms with Gasteiger partial charge in [-0.25, -0.2) is 8.42 Å². The Morgan fingerprint density at radius 2 is 2.21 bits per heavy atom. The highest BCUT2D eigenvalue weighted by Crippen LogP contribution is 2.25. The molecule has 1 unspecified atom stereocenters. The van der Waals surface area contributed by atoms with Gasteiger partial charge in [-0.15, -0.1) is 0 Å². The number of carbonyl (C=O) groups excluding carboxylic acids is 1. The Balaban J connectivity index is 1.69. The molecule has 130 valence electrons. The summed E-state index contributed by atoms with van der Waals surface area (Å²) in [6.07, 6.45) is 4.15. The lowest BCUT2D eigenvalue weighted by Crippen LogP contribution is -2.31. The lowest BCUT2D eigenvalue weighted by Gasteiger charge is -2.16. The maximum absolute atomic E-state index is 12.6. The third kappa shape index (κ3) is 3.72. The highest BCUT2D eigenvalue weighted by atomic mass is 32.2. The molecule has 1 amide bonds. The zero-order valence-corrected chi connectivity index (χ0v) is 14.7. The van der Waals surface area contributed by atoms with E-state index in [0.29, 0.717) is 19.5 Å². The monoisotopic (exact) mass is 350 g/mol. The van der Waals surface area contributed by atoms with Crippen molar-refractivity contribution in [1.82, 2.24) is 9.88 Å². The Hall–Kier alpha value is -2.02. The number of sulfone groups is 1.